The van der Waals surface area contributed by atoms with Crippen molar-refractivity contribution in [1.29, 1.82) is 0 Å². The molecule has 0 aliphatic heterocycles. The molecule has 0 radical (unpaired) electrons. The lowest BCUT2D eigenvalue weighted by Crippen LogP contribution is -2.27. The Hall–Kier alpha value is -3.26. The molecule has 8 heteroatoms. The molecule has 0 fully saturated rings. The maximum atomic E-state index is 12.5. The van der Waals surface area contributed by atoms with E-state index in [1.54, 1.807) is 22.6 Å². The van der Waals surface area contributed by atoms with Gasteiger partial charge in [0.1, 0.15) is 5.69 Å². The van der Waals surface area contributed by atoms with Crippen molar-refractivity contribution >= 4 is 17.2 Å². The number of carbonyl (C=O) groups excluding carboxylic acids is 1. The number of nitrogens with one attached hydrogen (secondary N) is 1. The smallest absolute Gasteiger partial charge is 0.269 e. The number of carbonyl (C=O) groups is 1. The van der Waals surface area contributed by atoms with Crippen molar-refractivity contribution in [2.24, 2.45) is 7.05 Å². The number of aromatic nitrogens is 5. The topological polar surface area (TPSA) is 77.6 Å². The number of aryl methyl sites for hydroxylation is 1. The van der Waals surface area contributed by atoms with Crippen molar-refractivity contribution in [3.63, 3.8) is 0 Å². The number of thiazole rings is 1. The first kappa shape index (κ1) is 17.2. The zero-order valence-electron chi connectivity index (χ0n) is 14.7. The second-order valence-electron chi connectivity index (χ2n) is 5.98. The summed E-state index contributed by atoms with van der Waals surface area (Å²) < 4.78 is 3.34. The van der Waals surface area contributed by atoms with Gasteiger partial charge in [-0.05, 0) is 12.1 Å². The van der Waals surface area contributed by atoms with Gasteiger partial charge < -0.3 is 5.32 Å². The predicted octanol–water partition coefficient (Wildman–Crippen LogP) is 2.70. The van der Waals surface area contributed by atoms with Crippen LogP contribution in [0.3, 0.4) is 0 Å². The van der Waals surface area contributed by atoms with Gasteiger partial charge in [0.15, 0.2) is 0 Å². The molecule has 7 nitrogen and oxygen atoms in total. The highest BCUT2D eigenvalue weighted by atomic mass is 32.1. The monoisotopic (exact) mass is 378 g/mol. The van der Waals surface area contributed by atoms with E-state index in [2.05, 4.69) is 20.5 Å². The van der Waals surface area contributed by atoms with Crippen LogP contribution in [0.25, 0.3) is 16.4 Å². The summed E-state index contributed by atoms with van der Waals surface area (Å²) in [6.45, 7) is 0.507. The van der Waals surface area contributed by atoms with Crippen molar-refractivity contribution < 1.29 is 4.79 Å². The molecule has 0 aliphatic rings. The van der Waals surface area contributed by atoms with E-state index in [-0.39, 0.29) is 5.91 Å². The Morgan fingerprint density at radius 1 is 1.22 bits per heavy atom. The van der Waals surface area contributed by atoms with Gasteiger partial charge in [0.25, 0.3) is 5.91 Å². The molecule has 4 aromatic rings. The van der Waals surface area contributed by atoms with Crippen molar-refractivity contribution in [3.8, 4) is 16.4 Å². The Balaban J connectivity index is 1.37. The molecule has 0 saturated carbocycles. The molecule has 27 heavy (non-hydrogen) atoms. The normalized spacial score (nSPS) is 10.9. The van der Waals surface area contributed by atoms with E-state index in [0.717, 1.165) is 22.1 Å². The fourth-order valence-corrected chi connectivity index (χ4v) is 3.52. The highest BCUT2D eigenvalue weighted by molar-refractivity contribution is 7.12. The van der Waals surface area contributed by atoms with Crippen LogP contribution in [0.15, 0.2) is 60.2 Å². The Labute approximate surface area is 160 Å². The summed E-state index contributed by atoms with van der Waals surface area (Å²) in [5.41, 5.74) is 3.23. The molecule has 3 aromatic heterocycles. The third kappa shape index (κ3) is 3.80. The van der Waals surface area contributed by atoms with Gasteiger partial charge in [-0.25, -0.2) is 9.67 Å². The third-order valence-corrected chi connectivity index (χ3v) is 4.97. The number of benzene rings is 1. The second kappa shape index (κ2) is 7.55. The lowest BCUT2D eigenvalue weighted by atomic mass is 10.1. The summed E-state index contributed by atoms with van der Waals surface area (Å²) in [7, 11) is 1.78. The molecular weight excluding hydrogens is 360 g/mol. The molecule has 1 amide bonds. The summed E-state index contributed by atoms with van der Waals surface area (Å²) in [5.74, 6) is -0.144. The third-order valence-electron chi connectivity index (χ3n) is 4.09. The fraction of sp³-hybridized carbons (Fsp3) is 0.158. The van der Waals surface area contributed by atoms with E-state index in [1.165, 1.54) is 11.3 Å². The fourth-order valence-electron chi connectivity index (χ4n) is 2.72. The second-order valence-corrected chi connectivity index (χ2v) is 6.82. The van der Waals surface area contributed by atoms with Gasteiger partial charge >= 0.3 is 0 Å². The van der Waals surface area contributed by atoms with Crippen LogP contribution in [0, 0.1) is 0 Å². The number of rotatable bonds is 6. The van der Waals surface area contributed by atoms with Gasteiger partial charge in [-0.2, -0.15) is 10.2 Å². The molecule has 4 rings (SSSR count). The van der Waals surface area contributed by atoms with Crippen molar-refractivity contribution in [2.45, 2.75) is 6.42 Å². The number of nitrogens with zero attached hydrogens (tertiary/aromatic N) is 5. The van der Waals surface area contributed by atoms with Crippen molar-refractivity contribution in [1.82, 2.24) is 29.9 Å². The van der Waals surface area contributed by atoms with E-state index in [0.29, 0.717) is 18.7 Å². The standard InChI is InChI=1S/C19H18N6OS/c1-24-17(12-16(23-24)14-6-3-2-4-7-14)18(26)20-10-8-15-13-27-19(22-15)25-11-5-9-21-25/h2-7,9,11-13H,8,10H2,1H3,(H,20,26). The van der Waals surface area contributed by atoms with Crippen LogP contribution in [-0.2, 0) is 13.5 Å². The number of hydrogen-bond donors (Lipinski definition) is 1. The van der Waals surface area contributed by atoms with E-state index >= 15 is 0 Å². The van der Waals surface area contributed by atoms with Crippen molar-refractivity contribution in [2.75, 3.05) is 6.54 Å². The molecule has 3 heterocycles. The summed E-state index contributed by atoms with van der Waals surface area (Å²) >= 11 is 1.53. The first-order valence-electron chi connectivity index (χ1n) is 8.53. The summed E-state index contributed by atoms with van der Waals surface area (Å²) in [5, 5.41) is 14.4. The number of hydrogen-bond acceptors (Lipinski definition) is 5. The minimum atomic E-state index is -0.144. The molecule has 0 atom stereocenters. The van der Waals surface area contributed by atoms with E-state index in [1.807, 2.05) is 54.0 Å². The van der Waals surface area contributed by atoms with Crippen LogP contribution in [0.1, 0.15) is 16.2 Å². The average Bonchev–Trinajstić information content (AvgIpc) is 3.43. The van der Waals surface area contributed by atoms with E-state index in [9.17, 15) is 4.79 Å². The van der Waals surface area contributed by atoms with Gasteiger partial charge in [0.05, 0.1) is 11.4 Å². The van der Waals surface area contributed by atoms with Crippen LogP contribution < -0.4 is 5.32 Å². The van der Waals surface area contributed by atoms with E-state index < -0.39 is 0 Å². The minimum Gasteiger partial charge on any atom is -0.350 e. The molecule has 1 aromatic carbocycles. The first-order chi connectivity index (χ1) is 13.2. The van der Waals surface area contributed by atoms with Crippen LogP contribution in [0.5, 0.6) is 0 Å². The lowest BCUT2D eigenvalue weighted by molar-refractivity contribution is 0.0944. The molecule has 0 saturated heterocycles. The summed E-state index contributed by atoms with van der Waals surface area (Å²) in [6, 6.07) is 13.5. The van der Waals surface area contributed by atoms with Gasteiger partial charge in [-0.1, -0.05) is 30.3 Å². The van der Waals surface area contributed by atoms with Crippen LogP contribution in [0.2, 0.25) is 0 Å². The maximum absolute atomic E-state index is 12.5. The Morgan fingerprint density at radius 3 is 2.85 bits per heavy atom. The molecule has 1 N–H and O–H groups in total. The van der Waals surface area contributed by atoms with Gasteiger partial charge in [-0.15, -0.1) is 11.3 Å². The van der Waals surface area contributed by atoms with Crippen LogP contribution in [0.4, 0.5) is 0 Å². The average molecular weight is 378 g/mol. The summed E-state index contributed by atoms with van der Waals surface area (Å²) in [6.07, 6.45) is 4.24. The molecule has 0 spiro atoms. The summed E-state index contributed by atoms with van der Waals surface area (Å²) in [4.78, 5) is 17.0. The van der Waals surface area contributed by atoms with Gasteiger partial charge in [0, 0.05) is 43.4 Å². The molecule has 0 aliphatic carbocycles. The van der Waals surface area contributed by atoms with Crippen molar-refractivity contribution in [3.05, 3.63) is 71.6 Å². The van der Waals surface area contributed by atoms with Gasteiger partial charge in [-0.3, -0.25) is 9.48 Å². The minimum absolute atomic E-state index is 0.144. The predicted molar refractivity (Wildman–Crippen MR) is 104 cm³/mol. The van der Waals surface area contributed by atoms with Crippen LogP contribution in [-0.4, -0.2) is 37.0 Å². The Bertz CT molecular complexity index is 1040. The van der Waals surface area contributed by atoms with Gasteiger partial charge in [0.2, 0.25) is 5.13 Å². The lowest BCUT2D eigenvalue weighted by Gasteiger charge is -2.03. The molecule has 0 bridgehead atoms. The molecule has 136 valence electrons. The highest BCUT2D eigenvalue weighted by Crippen LogP contribution is 2.18. The molecular formula is C19H18N6OS. The Morgan fingerprint density at radius 2 is 2.07 bits per heavy atom. The largest absolute Gasteiger partial charge is 0.350 e. The quantitative estimate of drug-likeness (QED) is 0.560. The zero-order chi connectivity index (χ0) is 18.6. The SMILES string of the molecule is Cn1nc(-c2ccccc2)cc1C(=O)NCCc1csc(-n2cccn2)n1. The molecule has 0 unspecified atom stereocenters. The Kier molecular flexibility index (Phi) is 4.80. The van der Waals surface area contributed by atoms with Crippen LogP contribution >= 0.6 is 11.3 Å². The van der Waals surface area contributed by atoms with E-state index in [4.69, 9.17) is 0 Å². The first-order valence-corrected chi connectivity index (χ1v) is 9.41. The zero-order valence-corrected chi connectivity index (χ0v) is 15.6. The highest BCUT2D eigenvalue weighted by Gasteiger charge is 2.14. The maximum Gasteiger partial charge on any atom is 0.269 e. The number of amides is 1.